The van der Waals surface area contributed by atoms with Crippen LogP contribution in [0.3, 0.4) is 0 Å². The minimum atomic E-state index is 0. The van der Waals surface area contributed by atoms with E-state index < -0.39 is 0 Å². The predicted molar refractivity (Wildman–Crippen MR) is 86.1 cm³/mol. The normalized spacial score (nSPS) is 21.7. The second-order valence-electron chi connectivity index (χ2n) is 4.89. The SMILES string of the molecule is CC(N)C1CCN(Cc2ccc(Br)c(Br)c2)C1.Cl. The van der Waals surface area contributed by atoms with E-state index in [2.05, 4.69) is 61.9 Å². The standard InChI is InChI=1S/C13H18Br2N2.ClH/c1-9(16)11-4-5-17(8-11)7-10-2-3-12(14)13(15)6-10;/h2-3,6,9,11H,4-5,7-8,16H2,1H3;1H. The summed E-state index contributed by atoms with van der Waals surface area (Å²) in [6, 6.07) is 6.77. The second-order valence-corrected chi connectivity index (χ2v) is 6.60. The van der Waals surface area contributed by atoms with Crippen molar-refractivity contribution >= 4 is 44.3 Å². The van der Waals surface area contributed by atoms with Crippen molar-refractivity contribution in [2.24, 2.45) is 11.7 Å². The van der Waals surface area contributed by atoms with Gasteiger partial charge in [0.15, 0.2) is 0 Å². The zero-order chi connectivity index (χ0) is 12.4. The number of nitrogens with two attached hydrogens (primary N) is 1. The van der Waals surface area contributed by atoms with Crippen molar-refractivity contribution in [1.82, 2.24) is 4.90 Å². The van der Waals surface area contributed by atoms with Crippen LogP contribution in [0, 0.1) is 5.92 Å². The summed E-state index contributed by atoms with van der Waals surface area (Å²) in [6.07, 6.45) is 1.23. The molecular formula is C13H19Br2ClN2. The van der Waals surface area contributed by atoms with Crippen LogP contribution in [0.2, 0.25) is 0 Å². The van der Waals surface area contributed by atoms with Crippen molar-refractivity contribution in [3.8, 4) is 0 Å². The van der Waals surface area contributed by atoms with E-state index in [0.29, 0.717) is 12.0 Å². The fourth-order valence-corrected chi connectivity index (χ4v) is 3.00. The fourth-order valence-electron chi connectivity index (χ4n) is 2.33. The Morgan fingerprint density at radius 2 is 2.11 bits per heavy atom. The van der Waals surface area contributed by atoms with Gasteiger partial charge in [-0.15, -0.1) is 12.4 Å². The number of rotatable bonds is 3. The Hall–Kier alpha value is 0.390. The van der Waals surface area contributed by atoms with E-state index in [-0.39, 0.29) is 12.4 Å². The molecule has 0 aliphatic carbocycles. The van der Waals surface area contributed by atoms with Gasteiger partial charge in [-0.2, -0.15) is 0 Å². The van der Waals surface area contributed by atoms with E-state index in [4.69, 9.17) is 5.73 Å². The highest BCUT2D eigenvalue weighted by atomic mass is 79.9. The molecular weight excluding hydrogens is 379 g/mol. The summed E-state index contributed by atoms with van der Waals surface area (Å²) in [5, 5.41) is 0. The van der Waals surface area contributed by atoms with Gasteiger partial charge in [0, 0.05) is 28.1 Å². The maximum atomic E-state index is 5.96. The molecule has 1 aromatic rings. The number of hydrogen-bond donors (Lipinski definition) is 1. The Balaban J connectivity index is 0.00000162. The van der Waals surface area contributed by atoms with E-state index in [1.807, 2.05) is 0 Å². The van der Waals surface area contributed by atoms with Crippen molar-refractivity contribution in [3.05, 3.63) is 32.7 Å². The summed E-state index contributed by atoms with van der Waals surface area (Å²) >= 11 is 7.04. The number of hydrogen-bond acceptors (Lipinski definition) is 2. The second kappa shape index (κ2) is 7.25. The van der Waals surface area contributed by atoms with Crippen molar-refractivity contribution in [2.75, 3.05) is 13.1 Å². The molecule has 2 nitrogen and oxygen atoms in total. The number of halogens is 3. The monoisotopic (exact) mass is 396 g/mol. The Labute approximate surface area is 132 Å². The van der Waals surface area contributed by atoms with Gasteiger partial charge in [0.05, 0.1) is 0 Å². The van der Waals surface area contributed by atoms with E-state index in [0.717, 1.165) is 22.0 Å². The molecule has 18 heavy (non-hydrogen) atoms. The van der Waals surface area contributed by atoms with Gasteiger partial charge < -0.3 is 5.73 Å². The number of benzene rings is 1. The van der Waals surface area contributed by atoms with Crippen molar-refractivity contribution in [2.45, 2.75) is 25.9 Å². The summed E-state index contributed by atoms with van der Waals surface area (Å²) in [6.45, 7) is 5.44. The maximum Gasteiger partial charge on any atom is 0.0320 e. The summed E-state index contributed by atoms with van der Waals surface area (Å²) in [5.74, 6) is 0.661. The first-order chi connectivity index (χ1) is 8.06. The van der Waals surface area contributed by atoms with Gasteiger partial charge in [-0.3, -0.25) is 4.90 Å². The van der Waals surface area contributed by atoms with Gasteiger partial charge in [-0.25, -0.2) is 0 Å². The van der Waals surface area contributed by atoms with Gasteiger partial charge in [-0.1, -0.05) is 6.07 Å². The quantitative estimate of drug-likeness (QED) is 0.839. The fraction of sp³-hybridized carbons (Fsp3) is 0.538. The van der Waals surface area contributed by atoms with Crippen LogP contribution in [0.5, 0.6) is 0 Å². The van der Waals surface area contributed by atoms with Gasteiger partial charge in [-0.05, 0) is 75.4 Å². The Kier molecular flexibility index (Phi) is 6.62. The molecule has 1 aliphatic rings. The van der Waals surface area contributed by atoms with E-state index >= 15 is 0 Å². The molecule has 0 saturated carbocycles. The van der Waals surface area contributed by atoms with Crippen LogP contribution in [0.25, 0.3) is 0 Å². The van der Waals surface area contributed by atoms with Crippen molar-refractivity contribution in [3.63, 3.8) is 0 Å². The first kappa shape index (κ1) is 16.4. The molecule has 0 spiro atoms. The zero-order valence-corrected chi connectivity index (χ0v) is 14.4. The maximum absolute atomic E-state index is 5.96. The first-order valence-electron chi connectivity index (χ1n) is 5.98. The lowest BCUT2D eigenvalue weighted by molar-refractivity contribution is 0.308. The summed E-state index contributed by atoms with van der Waals surface area (Å²) in [5.41, 5.74) is 7.31. The third-order valence-corrected chi connectivity index (χ3v) is 5.32. The average Bonchev–Trinajstić information content (AvgIpc) is 2.72. The molecule has 0 radical (unpaired) electrons. The highest BCUT2D eigenvalue weighted by Crippen LogP contribution is 2.26. The highest BCUT2D eigenvalue weighted by Gasteiger charge is 2.24. The minimum Gasteiger partial charge on any atom is -0.328 e. The number of likely N-dealkylation sites (tertiary alicyclic amines) is 1. The van der Waals surface area contributed by atoms with Crippen LogP contribution in [-0.4, -0.2) is 24.0 Å². The van der Waals surface area contributed by atoms with Crippen molar-refractivity contribution in [1.29, 1.82) is 0 Å². The molecule has 1 heterocycles. The van der Waals surface area contributed by atoms with Gasteiger partial charge in [0.2, 0.25) is 0 Å². The minimum absolute atomic E-state index is 0. The lowest BCUT2D eigenvalue weighted by atomic mass is 10.0. The number of nitrogens with zero attached hydrogens (tertiary/aromatic N) is 1. The third kappa shape index (κ3) is 4.20. The molecule has 1 aromatic carbocycles. The van der Waals surface area contributed by atoms with Crippen LogP contribution < -0.4 is 5.73 Å². The molecule has 2 N–H and O–H groups in total. The molecule has 2 atom stereocenters. The van der Waals surface area contributed by atoms with Crippen LogP contribution in [-0.2, 0) is 6.54 Å². The molecule has 1 aliphatic heterocycles. The Morgan fingerprint density at radius 3 is 2.67 bits per heavy atom. The molecule has 5 heteroatoms. The summed E-state index contributed by atoms with van der Waals surface area (Å²) in [7, 11) is 0. The van der Waals surface area contributed by atoms with Gasteiger partial charge in [0.25, 0.3) is 0 Å². The first-order valence-corrected chi connectivity index (χ1v) is 7.56. The molecule has 0 bridgehead atoms. The van der Waals surface area contributed by atoms with Crippen LogP contribution in [0.4, 0.5) is 0 Å². The topological polar surface area (TPSA) is 29.3 Å². The molecule has 0 amide bonds. The molecule has 2 unspecified atom stereocenters. The molecule has 0 aromatic heterocycles. The van der Waals surface area contributed by atoms with Crippen molar-refractivity contribution < 1.29 is 0 Å². The van der Waals surface area contributed by atoms with E-state index in [1.165, 1.54) is 18.5 Å². The highest BCUT2D eigenvalue weighted by molar-refractivity contribution is 9.13. The zero-order valence-electron chi connectivity index (χ0n) is 10.4. The van der Waals surface area contributed by atoms with E-state index in [9.17, 15) is 0 Å². The summed E-state index contributed by atoms with van der Waals surface area (Å²) < 4.78 is 2.23. The van der Waals surface area contributed by atoms with Gasteiger partial charge in [0.1, 0.15) is 0 Å². The lowest BCUT2D eigenvalue weighted by Gasteiger charge is -2.18. The van der Waals surface area contributed by atoms with Crippen LogP contribution >= 0.6 is 44.3 Å². The lowest BCUT2D eigenvalue weighted by Crippen LogP contribution is -2.29. The third-order valence-electron chi connectivity index (χ3n) is 3.44. The summed E-state index contributed by atoms with van der Waals surface area (Å²) in [4.78, 5) is 2.49. The van der Waals surface area contributed by atoms with Gasteiger partial charge >= 0.3 is 0 Å². The smallest absolute Gasteiger partial charge is 0.0320 e. The van der Waals surface area contributed by atoms with E-state index in [1.54, 1.807) is 0 Å². The Bertz CT molecular complexity index is 399. The molecule has 2 rings (SSSR count). The Morgan fingerprint density at radius 1 is 1.39 bits per heavy atom. The van der Waals surface area contributed by atoms with Crippen LogP contribution in [0.1, 0.15) is 18.9 Å². The average molecular weight is 399 g/mol. The largest absolute Gasteiger partial charge is 0.328 e. The molecule has 1 saturated heterocycles. The predicted octanol–water partition coefficient (Wildman–Crippen LogP) is 3.80. The van der Waals surface area contributed by atoms with Crippen LogP contribution in [0.15, 0.2) is 27.1 Å². The molecule has 1 fully saturated rings. The molecule has 102 valence electrons.